The lowest BCUT2D eigenvalue weighted by molar-refractivity contribution is -0.00296. The van der Waals surface area contributed by atoms with Crippen molar-refractivity contribution >= 4 is 10.0 Å². The van der Waals surface area contributed by atoms with Gasteiger partial charge in [0.25, 0.3) is 5.89 Å². The first-order chi connectivity index (χ1) is 11.6. The van der Waals surface area contributed by atoms with E-state index in [-0.39, 0.29) is 12.7 Å². The van der Waals surface area contributed by atoms with Gasteiger partial charge in [-0.2, -0.15) is 9.29 Å². The fraction of sp³-hybridized carbons (Fsp3) is 0.500. The monoisotopic (exact) mass is 351 g/mol. The number of aromatic nitrogens is 2. The van der Waals surface area contributed by atoms with Gasteiger partial charge >= 0.3 is 0 Å². The van der Waals surface area contributed by atoms with E-state index in [2.05, 4.69) is 10.1 Å². The molecule has 1 atom stereocenters. The SMILES string of the molecule is CCc1noc(COC2CCCN(S(=O)(=O)c3ccccc3)C2)n1. The molecule has 130 valence electrons. The Morgan fingerprint density at radius 3 is 2.83 bits per heavy atom. The minimum absolute atomic E-state index is 0.172. The number of hydrogen-bond donors (Lipinski definition) is 0. The van der Waals surface area contributed by atoms with Gasteiger partial charge in [-0.1, -0.05) is 30.3 Å². The maximum absolute atomic E-state index is 12.7. The molecule has 24 heavy (non-hydrogen) atoms. The average Bonchev–Trinajstić information content (AvgIpc) is 3.09. The topological polar surface area (TPSA) is 85.5 Å². The zero-order chi connectivity index (χ0) is 17.0. The minimum Gasteiger partial charge on any atom is -0.367 e. The molecule has 1 saturated heterocycles. The van der Waals surface area contributed by atoms with Crippen LogP contribution in [0.1, 0.15) is 31.5 Å². The molecular weight excluding hydrogens is 330 g/mol. The van der Waals surface area contributed by atoms with Gasteiger partial charge in [0.15, 0.2) is 5.82 Å². The Bertz CT molecular complexity index is 761. The first-order valence-corrected chi connectivity index (χ1v) is 9.52. The molecule has 1 aromatic carbocycles. The molecule has 0 saturated carbocycles. The summed E-state index contributed by atoms with van der Waals surface area (Å²) < 4.78 is 37.7. The lowest BCUT2D eigenvalue weighted by atomic mass is 10.1. The van der Waals surface area contributed by atoms with Gasteiger partial charge in [-0.05, 0) is 25.0 Å². The number of ether oxygens (including phenoxy) is 1. The van der Waals surface area contributed by atoms with Gasteiger partial charge in [0.1, 0.15) is 6.61 Å². The quantitative estimate of drug-likeness (QED) is 0.791. The standard InChI is InChI=1S/C16H21N3O4S/c1-2-15-17-16(23-18-15)12-22-13-7-6-10-19(11-13)24(20,21)14-8-4-3-5-9-14/h3-5,8-9,13H,2,6-7,10-12H2,1H3. The molecule has 1 aromatic heterocycles. The molecule has 1 fully saturated rings. The van der Waals surface area contributed by atoms with Gasteiger partial charge < -0.3 is 9.26 Å². The van der Waals surface area contributed by atoms with E-state index in [0.29, 0.717) is 36.1 Å². The predicted molar refractivity (Wildman–Crippen MR) is 86.7 cm³/mol. The van der Waals surface area contributed by atoms with Crippen molar-refractivity contribution < 1.29 is 17.7 Å². The fourth-order valence-electron chi connectivity index (χ4n) is 2.68. The fourth-order valence-corrected chi connectivity index (χ4v) is 4.21. The van der Waals surface area contributed by atoms with E-state index in [1.807, 2.05) is 6.92 Å². The van der Waals surface area contributed by atoms with E-state index in [1.165, 1.54) is 4.31 Å². The maximum Gasteiger partial charge on any atom is 0.252 e. The zero-order valence-corrected chi connectivity index (χ0v) is 14.4. The van der Waals surface area contributed by atoms with E-state index >= 15 is 0 Å². The normalized spacial score (nSPS) is 19.5. The molecule has 2 aromatic rings. The third kappa shape index (κ3) is 3.82. The lowest BCUT2D eigenvalue weighted by Gasteiger charge is -2.31. The van der Waals surface area contributed by atoms with Crippen LogP contribution in [0.3, 0.4) is 0 Å². The van der Waals surface area contributed by atoms with Gasteiger partial charge in [0.2, 0.25) is 10.0 Å². The van der Waals surface area contributed by atoms with Crippen molar-refractivity contribution in [2.75, 3.05) is 13.1 Å². The summed E-state index contributed by atoms with van der Waals surface area (Å²) in [6.45, 7) is 3.00. The molecule has 0 amide bonds. The highest BCUT2D eigenvalue weighted by atomic mass is 32.2. The second-order valence-electron chi connectivity index (χ2n) is 5.71. The summed E-state index contributed by atoms with van der Waals surface area (Å²) in [4.78, 5) is 4.51. The Balaban J connectivity index is 1.62. The van der Waals surface area contributed by atoms with Crippen LogP contribution in [0.2, 0.25) is 0 Å². The Morgan fingerprint density at radius 2 is 2.12 bits per heavy atom. The third-order valence-electron chi connectivity index (χ3n) is 3.99. The summed E-state index contributed by atoms with van der Waals surface area (Å²) in [5.74, 6) is 1.07. The molecule has 1 aliphatic heterocycles. The Labute approximate surface area is 141 Å². The number of sulfonamides is 1. The number of nitrogens with zero attached hydrogens (tertiary/aromatic N) is 3. The number of hydrogen-bond acceptors (Lipinski definition) is 6. The van der Waals surface area contributed by atoms with Crippen molar-refractivity contribution in [2.24, 2.45) is 0 Å². The summed E-state index contributed by atoms with van der Waals surface area (Å²) >= 11 is 0. The largest absolute Gasteiger partial charge is 0.367 e. The molecule has 2 heterocycles. The van der Waals surface area contributed by atoms with E-state index in [0.717, 1.165) is 12.8 Å². The van der Waals surface area contributed by atoms with Gasteiger partial charge in [-0.15, -0.1) is 0 Å². The van der Waals surface area contributed by atoms with Crippen molar-refractivity contribution in [1.82, 2.24) is 14.4 Å². The van der Waals surface area contributed by atoms with Gasteiger partial charge in [-0.3, -0.25) is 0 Å². The summed E-state index contributed by atoms with van der Waals surface area (Å²) in [5.41, 5.74) is 0. The molecular formula is C16H21N3O4S. The predicted octanol–water partition coefficient (Wildman–Crippen LogP) is 2.00. The molecule has 0 N–H and O–H groups in total. The number of piperidine rings is 1. The minimum atomic E-state index is -3.48. The van der Waals surface area contributed by atoms with Crippen LogP contribution in [-0.4, -0.2) is 42.1 Å². The van der Waals surface area contributed by atoms with Gasteiger partial charge in [0, 0.05) is 19.5 Å². The van der Waals surface area contributed by atoms with E-state index < -0.39 is 10.0 Å². The molecule has 8 heteroatoms. The second-order valence-corrected chi connectivity index (χ2v) is 7.65. The highest BCUT2D eigenvalue weighted by Crippen LogP contribution is 2.22. The highest BCUT2D eigenvalue weighted by Gasteiger charge is 2.30. The van der Waals surface area contributed by atoms with Crippen LogP contribution >= 0.6 is 0 Å². The maximum atomic E-state index is 12.7. The van der Waals surface area contributed by atoms with Crippen molar-refractivity contribution in [3.63, 3.8) is 0 Å². The molecule has 0 bridgehead atoms. The molecule has 1 unspecified atom stereocenters. The first-order valence-electron chi connectivity index (χ1n) is 8.08. The second kappa shape index (κ2) is 7.42. The first kappa shape index (κ1) is 17.1. The molecule has 7 nitrogen and oxygen atoms in total. The lowest BCUT2D eigenvalue weighted by Crippen LogP contribution is -2.43. The van der Waals surface area contributed by atoms with Gasteiger partial charge in [0.05, 0.1) is 11.0 Å². The van der Waals surface area contributed by atoms with E-state index in [4.69, 9.17) is 9.26 Å². The third-order valence-corrected chi connectivity index (χ3v) is 5.87. The molecule has 0 spiro atoms. The van der Waals surface area contributed by atoms with Crippen LogP contribution in [-0.2, 0) is 27.8 Å². The zero-order valence-electron chi connectivity index (χ0n) is 13.6. The van der Waals surface area contributed by atoms with Crippen LogP contribution in [0, 0.1) is 0 Å². The molecule has 0 radical (unpaired) electrons. The summed E-state index contributed by atoms with van der Waals surface area (Å²) in [5, 5.41) is 3.82. The van der Waals surface area contributed by atoms with Crippen molar-refractivity contribution in [1.29, 1.82) is 0 Å². The average molecular weight is 351 g/mol. The Morgan fingerprint density at radius 1 is 1.33 bits per heavy atom. The van der Waals surface area contributed by atoms with E-state index in [9.17, 15) is 8.42 Å². The van der Waals surface area contributed by atoms with Crippen molar-refractivity contribution in [2.45, 2.75) is 43.8 Å². The summed E-state index contributed by atoms with van der Waals surface area (Å²) in [6.07, 6.45) is 2.11. The van der Waals surface area contributed by atoms with Crippen LogP contribution in [0.4, 0.5) is 0 Å². The molecule has 1 aliphatic rings. The highest BCUT2D eigenvalue weighted by molar-refractivity contribution is 7.89. The number of benzene rings is 1. The number of rotatable bonds is 6. The Hall–Kier alpha value is -1.77. The van der Waals surface area contributed by atoms with Crippen LogP contribution < -0.4 is 0 Å². The molecule has 3 rings (SSSR count). The Kier molecular flexibility index (Phi) is 5.27. The van der Waals surface area contributed by atoms with Crippen LogP contribution in [0.5, 0.6) is 0 Å². The van der Waals surface area contributed by atoms with Gasteiger partial charge in [-0.25, -0.2) is 8.42 Å². The van der Waals surface area contributed by atoms with E-state index in [1.54, 1.807) is 30.3 Å². The van der Waals surface area contributed by atoms with Crippen molar-refractivity contribution in [3.05, 3.63) is 42.0 Å². The smallest absolute Gasteiger partial charge is 0.252 e. The number of aryl methyl sites for hydroxylation is 1. The summed E-state index contributed by atoms with van der Waals surface area (Å²) in [7, 11) is -3.48. The van der Waals surface area contributed by atoms with Crippen molar-refractivity contribution in [3.8, 4) is 0 Å². The summed E-state index contributed by atoms with van der Waals surface area (Å²) in [6, 6.07) is 8.49. The van der Waals surface area contributed by atoms with Crippen LogP contribution in [0.25, 0.3) is 0 Å². The van der Waals surface area contributed by atoms with Crippen LogP contribution in [0.15, 0.2) is 39.8 Å². The molecule has 0 aliphatic carbocycles.